The second-order valence-corrected chi connectivity index (χ2v) is 8.29. The summed E-state index contributed by atoms with van der Waals surface area (Å²) >= 11 is 0. The zero-order chi connectivity index (χ0) is 14.7. The van der Waals surface area contributed by atoms with E-state index in [1.165, 1.54) is 0 Å². The van der Waals surface area contributed by atoms with Crippen molar-refractivity contribution in [3.63, 3.8) is 0 Å². The molecule has 0 N–H and O–H groups in total. The van der Waals surface area contributed by atoms with Crippen LogP contribution in [0.5, 0.6) is 0 Å². The molecule has 116 valence electrons. The molecule has 19 heavy (non-hydrogen) atoms. The molecule has 0 rings (SSSR count). The lowest BCUT2D eigenvalue weighted by Gasteiger charge is -2.32. The van der Waals surface area contributed by atoms with Crippen molar-refractivity contribution in [3.05, 3.63) is 0 Å². The van der Waals surface area contributed by atoms with Crippen molar-refractivity contribution in [2.24, 2.45) is 11.8 Å². The standard InChI is InChI=1S/C15H34O3Si/c1-7-10-16-19(17-11-8-2,18-12-9-3)13-15(6)14(4)5/h14-15H,7-13H2,1-6H3. The summed E-state index contributed by atoms with van der Waals surface area (Å²) in [7, 11) is -2.48. The van der Waals surface area contributed by atoms with Gasteiger partial charge in [0.05, 0.1) is 0 Å². The van der Waals surface area contributed by atoms with Crippen molar-refractivity contribution in [2.75, 3.05) is 19.8 Å². The number of hydrogen-bond donors (Lipinski definition) is 0. The van der Waals surface area contributed by atoms with E-state index < -0.39 is 8.80 Å². The Morgan fingerprint density at radius 1 is 0.737 bits per heavy atom. The number of hydrogen-bond acceptors (Lipinski definition) is 3. The molecule has 0 amide bonds. The van der Waals surface area contributed by atoms with Crippen molar-refractivity contribution >= 4 is 8.80 Å². The van der Waals surface area contributed by atoms with Crippen LogP contribution in [0, 0.1) is 11.8 Å². The smallest absolute Gasteiger partial charge is 0.373 e. The lowest BCUT2D eigenvalue weighted by atomic mass is 10.0. The summed E-state index contributed by atoms with van der Waals surface area (Å²) in [6.45, 7) is 15.4. The van der Waals surface area contributed by atoms with E-state index in [4.69, 9.17) is 13.3 Å². The molecule has 0 bridgehead atoms. The van der Waals surface area contributed by atoms with Crippen LogP contribution >= 0.6 is 0 Å². The predicted octanol–water partition coefficient (Wildman–Crippen LogP) is 4.50. The van der Waals surface area contributed by atoms with Gasteiger partial charge in [0.25, 0.3) is 0 Å². The first kappa shape index (κ1) is 19.1. The van der Waals surface area contributed by atoms with Gasteiger partial charge in [0.2, 0.25) is 0 Å². The first-order chi connectivity index (χ1) is 9.01. The second-order valence-electron chi connectivity index (χ2n) is 5.65. The minimum Gasteiger partial charge on any atom is -0.373 e. The Bertz CT molecular complexity index is 188. The van der Waals surface area contributed by atoms with E-state index in [0.29, 0.717) is 11.8 Å². The van der Waals surface area contributed by atoms with E-state index in [1.807, 2.05) is 0 Å². The molecule has 0 aliphatic heterocycles. The van der Waals surface area contributed by atoms with Crippen LogP contribution in [0.4, 0.5) is 0 Å². The third-order valence-corrected chi connectivity index (χ3v) is 6.36. The van der Waals surface area contributed by atoms with Crippen LogP contribution < -0.4 is 0 Å². The van der Waals surface area contributed by atoms with Gasteiger partial charge in [-0.2, -0.15) is 0 Å². The molecule has 1 atom stereocenters. The second kappa shape index (κ2) is 10.8. The van der Waals surface area contributed by atoms with Crippen LogP contribution in [-0.4, -0.2) is 28.6 Å². The zero-order valence-electron chi connectivity index (χ0n) is 13.8. The summed E-state index contributed by atoms with van der Waals surface area (Å²) in [6.07, 6.45) is 3.03. The molecule has 0 radical (unpaired) electrons. The molecule has 0 aromatic heterocycles. The van der Waals surface area contributed by atoms with Crippen molar-refractivity contribution in [1.82, 2.24) is 0 Å². The van der Waals surface area contributed by atoms with Crippen LogP contribution in [0.3, 0.4) is 0 Å². The molecule has 1 unspecified atom stereocenters. The number of rotatable bonds is 12. The van der Waals surface area contributed by atoms with Crippen LogP contribution in [0.2, 0.25) is 6.04 Å². The molecule has 0 aromatic carbocycles. The summed E-state index contributed by atoms with van der Waals surface area (Å²) in [5.41, 5.74) is 0. The molecule has 0 aromatic rings. The molecule has 3 nitrogen and oxygen atoms in total. The van der Waals surface area contributed by atoms with E-state index in [-0.39, 0.29) is 0 Å². The maximum atomic E-state index is 6.10. The molecule has 0 heterocycles. The fraction of sp³-hybridized carbons (Fsp3) is 1.00. The summed E-state index contributed by atoms with van der Waals surface area (Å²) in [5.74, 6) is 1.20. The largest absolute Gasteiger partial charge is 0.501 e. The molecule has 4 heteroatoms. The van der Waals surface area contributed by atoms with Gasteiger partial charge >= 0.3 is 8.80 Å². The molecule has 0 fully saturated rings. The first-order valence-corrected chi connectivity index (χ1v) is 9.86. The Labute approximate surface area is 121 Å². The summed E-state index contributed by atoms with van der Waals surface area (Å²) in [6, 6.07) is 0.935. The van der Waals surface area contributed by atoms with Crippen LogP contribution in [-0.2, 0) is 13.3 Å². The third-order valence-electron chi connectivity index (χ3n) is 3.29. The fourth-order valence-electron chi connectivity index (χ4n) is 1.70. The summed E-state index contributed by atoms with van der Waals surface area (Å²) in [4.78, 5) is 0. The average Bonchev–Trinajstić information content (AvgIpc) is 2.40. The van der Waals surface area contributed by atoms with E-state index >= 15 is 0 Å². The Balaban J connectivity index is 4.75. The minimum atomic E-state index is -2.48. The van der Waals surface area contributed by atoms with Gasteiger partial charge in [-0.1, -0.05) is 41.5 Å². The first-order valence-electron chi connectivity index (χ1n) is 7.93. The highest BCUT2D eigenvalue weighted by atomic mass is 28.4. The molecule has 0 aliphatic rings. The highest BCUT2D eigenvalue weighted by Gasteiger charge is 2.42. The van der Waals surface area contributed by atoms with Gasteiger partial charge in [-0.25, -0.2) is 0 Å². The fourth-order valence-corrected chi connectivity index (χ4v) is 5.11. The van der Waals surface area contributed by atoms with E-state index in [0.717, 1.165) is 45.1 Å². The average molecular weight is 291 g/mol. The van der Waals surface area contributed by atoms with Gasteiger partial charge in [0.15, 0.2) is 0 Å². The molecule has 0 spiro atoms. The topological polar surface area (TPSA) is 27.7 Å². The zero-order valence-corrected chi connectivity index (χ0v) is 14.8. The van der Waals surface area contributed by atoms with Crippen molar-refractivity contribution in [3.8, 4) is 0 Å². The van der Waals surface area contributed by atoms with Gasteiger partial charge in [0, 0.05) is 25.9 Å². The molecule has 0 saturated carbocycles. The quantitative estimate of drug-likeness (QED) is 0.495. The van der Waals surface area contributed by atoms with Crippen molar-refractivity contribution < 1.29 is 13.3 Å². The lowest BCUT2D eigenvalue weighted by Crippen LogP contribution is -2.48. The molecular formula is C15H34O3Si. The van der Waals surface area contributed by atoms with E-state index in [2.05, 4.69) is 41.5 Å². The van der Waals surface area contributed by atoms with Gasteiger partial charge in [-0.15, -0.1) is 0 Å². The third kappa shape index (κ3) is 8.08. The van der Waals surface area contributed by atoms with Crippen LogP contribution in [0.15, 0.2) is 0 Å². The van der Waals surface area contributed by atoms with Gasteiger partial charge in [-0.05, 0) is 31.1 Å². The predicted molar refractivity (Wildman–Crippen MR) is 83.3 cm³/mol. The minimum absolute atomic E-state index is 0.567. The lowest BCUT2D eigenvalue weighted by molar-refractivity contribution is 0.0540. The Kier molecular flexibility index (Phi) is 10.9. The molecule has 0 aliphatic carbocycles. The highest BCUT2D eigenvalue weighted by Crippen LogP contribution is 2.26. The molecular weight excluding hydrogens is 256 g/mol. The van der Waals surface area contributed by atoms with Crippen molar-refractivity contribution in [1.29, 1.82) is 0 Å². The maximum Gasteiger partial charge on any atom is 0.501 e. The summed E-state index contributed by atoms with van der Waals surface area (Å²) < 4.78 is 18.3. The SMILES string of the molecule is CCCO[Si](CC(C)C(C)C)(OCCC)OCCC. The Hall–Kier alpha value is 0.0969. The monoisotopic (exact) mass is 290 g/mol. The van der Waals surface area contributed by atoms with E-state index in [1.54, 1.807) is 0 Å². The Morgan fingerprint density at radius 2 is 1.11 bits per heavy atom. The highest BCUT2D eigenvalue weighted by molar-refractivity contribution is 6.60. The van der Waals surface area contributed by atoms with Crippen LogP contribution in [0.25, 0.3) is 0 Å². The molecule has 0 saturated heterocycles. The van der Waals surface area contributed by atoms with Crippen molar-refractivity contribution in [2.45, 2.75) is 66.8 Å². The van der Waals surface area contributed by atoms with Gasteiger partial charge in [-0.3, -0.25) is 0 Å². The van der Waals surface area contributed by atoms with Gasteiger partial charge in [0.1, 0.15) is 0 Å². The van der Waals surface area contributed by atoms with Crippen LogP contribution in [0.1, 0.15) is 60.8 Å². The van der Waals surface area contributed by atoms with Gasteiger partial charge < -0.3 is 13.3 Å². The normalized spacial score (nSPS) is 14.1. The maximum absolute atomic E-state index is 6.10. The Morgan fingerprint density at radius 3 is 1.37 bits per heavy atom. The summed E-state index contributed by atoms with van der Waals surface area (Å²) in [5, 5.41) is 0. The van der Waals surface area contributed by atoms with E-state index in [9.17, 15) is 0 Å².